The molecule has 1 rings (SSSR count). The number of aromatic carboxylic acids is 1. The van der Waals surface area contributed by atoms with Crippen molar-refractivity contribution in [2.75, 3.05) is 13.1 Å². The van der Waals surface area contributed by atoms with E-state index in [0.717, 1.165) is 17.4 Å². The van der Waals surface area contributed by atoms with Crippen LogP contribution in [0.5, 0.6) is 0 Å². The largest absolute Gasteiger partial charge is 0.478 e. The van der Waals surface area contributed by atoms with Gasteiger partial charge in [-0.25, -0.2) is 13.2 Å². The number of hydrogen-bond donors (Lipinski definition) is 2. The fraction of sp³-hybridized carbons (Fsp3) is 0.500. The summed E-state index contributed by atoms with van der Waals surface area (Å²) < 4.78 is 26.4. The van der Waals surface area contributed by atoms with Gasteiger partial charge in [-0.3, -0.25) is 4.79 Å². The van der Waals surface area contributed by atoms with Crippen molar-refractivity contribution >= 4 is 33.2 Å². The van der Waals surface area contributed by atoms with Crippen LogP contribution in [-0.2, 0) is 14.8 Å². The van der Waals surface area contributed by atoms with Gasteiger partial charge in [0, 0.05) is 18.5 Å². The summed E-state index contributed by atoms with van der Waals surface area (Å²) in [6, 6.07) is 0.162. The van der Waals surface area contributed by atoms with Gasteiger partial charge < -0.3 is 10.0 Å². The van der Waals surface area contributed by atoms with Crippen LogP contribution in [-0.4, -0.2) is 49.4 Å². The van der Waals surface area contributed by atoms with Crippen LogP contribution in [0.2, 0.25) is 0 Å². The average Bonchev–Trinajstić information content (AvgIpc) is 2.90. The molecule has 0 saturated heterocycles. The maximum atomic E-state index is 12.1. The predicted octanol–water partition coefficient (Wildman–Crippen LogP) is 0.981. The first-order valence-corrected chi connectivity index (χ1v) is 8.72. The Morgan fingerprint density at radius 2 is 1.95 bits per heavy atom. The topological polar surface area (TPSA) is 104 Å². The van der Waals surface area contributed by atoms with E-state index in [1.165, 1.54) is 17.2 Å². The molecule has 0 aliphatic carbocycles. The summed E-state index contributed by atoms with van der Waals surface area (Å²) in [5, 5.41) is 10.0. The van der Waals surface area contributed by atoms with Crippen LogP contribution in [0, 0.1) is 0 Å². The standard InChI is InChI=1S/C12H18N2O5S2/c1-4-14(5-2)11(15)8(3)13-21(18,19)10-6-9(7-20-10)12(16)17/h6-8,13H,4-5H2,1-3H3,(H,16,17). The van der Waals surface area contributed by atoms with Crippen molar-refractivity contribution in [2.45, 2.75) is 31.0 Å². The first-order chi connectivity index (χ1) is 9.72. The van der Waals surface area contributed by atoms with Crippen molar-refractivity contribution in [1.29, 1.82) is 0 Å². The van der Waals surface area contributed by atoms with Crippen molar-refractivity contribution in [3.05, 3.63) is 17.0 Å². The Labute approximate surface area is 127 Å². The number of hydrogen-bond acceptors (Lipinski definition) is 5. The molecule has 0 fully saturated rings. The van der Waals surface area contributed by atoms with Gasteiger partial charge in [0.05, 0.1) is 11.6 Å². The summed E-state index contributed by atoms with van der Waals surface area (Å²) >= 11 is 0.802. The number of carbonyl (C=O) groups excluding carboxylic acids is 1. The van der Waals surface area contributed by atoms with E-state index in [9.17, 15) is 18.0 Å². The van der Waals surface area contributed by atoms with Crippen LogP contribution in [0.25, 0.3) is 0 Å². The van der Waals surface area contributed by atoms with Crippen LogP contribution < -0.4 is 4.72 Å². The molecular weight excluding hydrogens is 316 g/mol. The number of nitrogens with zero attached hydrogens (tertiary/aromatic N) is 1. The average molecular weight is 334 g/mol. The second kappa shape index (κ2) is 7.01. The SMILES string of the molecule is CCN(CC)C(=O)C(C)NS(=O)(=O)c1cc(C(=O)O)cs1. The van der Waals surface area contributed by atoms with E-state index in [0.29, 0.717) is 13.1 Å². The summed E-state index contributed by atoms with van der Waals surface area (Å²) in [7, 11) is -3.91. The molecule has 0 aliphatic heterocycles. The fourth-order valence-electron chi connectivity index (χ4n) is 1.72. The molecule has 2 N–H and O–H groups in total. The Balaban J connectivity index is 2.89. The molecule has 0 aromatic carbocycles. The van der Waals surface area contributed by atoms with E-state index < -0.39 is 22.0 Å². The third kappa shape index (κ3) is 4.26. The number of thiophene rings is 1. The number of nitrogens with one attached hydrogen (secondary N) is 1. The van der Waals surface area contributed by atoms with Crippen LogP contribution >= 0.6 is 11.3 Å². The van der Waals surface area contributed by atoms with Gasteiger partial charge in [0.25, 0.3) is 10.0 Å². The number of carboxylic acids is 1. The first kappa shape index (κ1) is 17.6. The van der Waals surface area contributed by atoms with Gasteiger partial charge in [0.15, 0.2) is 0 Å². The van der Waals surface area contributed by atoms with Gasteiger partial charge in [-0.15, -0.1) is 11.3 Å². The van der Waals surface area contributed by atoms with Crippen molar-refractivity contribution in [3.8, 4) is 0 Å². The third-order valence-corrected chi connectivity index (χ3v) is 5.84. The van der Waals surface area contributed by atoms with Crippen LogP contribution in [0.3, 0.4) is 0 Å². The van der Waals surface area contributed by atoms with Gasteiger partial charge in [-0.1, -0.05) is 0 Å². The lowest BCUT2D eigenvalue weighted by molar-refractivity contribution is -0.132. The number of carboxylic acid groups (broad SMARTS) is 1. The molecule has 0 radical (unpaired) electrons. The van der Waals surface area contributed by atoms with Crippen molar-refractivity contribution in [3.63, 3.8) is 0 Å². The van der Waals surface area contributed by atoms with Crippen molar-refractivity contribution in [1.82, 2.24) is 9.62 Å². The molecule has 0 saturated carbocycles. The van der Waals surface area contributed by atoms with E-state index in [1.54, 1.807) is 13.8 Å². The number of amides is 1. The molecule has 1 unspecified atom stereocenters. The van der Waals surface area contributed by atoms with E-state index in [-0.39, 0.29) is 15.7 Å². The third-order valence-electron chi connectivity index (χ3n) is 2.86. The second-order valence-corrected chi connectivity index (χ2v) is 7.17. The molecule has 0 bridgehead atoms. The lowest BCUT2D eigenvalue weighted by atomic mass is 10.3. The molecule has 1 amide bonds. The summed E-state index contributed by atoms with van der Waals surface area (Å²) in [5.41, 5.74) is -0.0944. The summed E-state index contributed by atoms with van der Waals surface area (Å²) in [5.74, 6) is -1.52. The van der Waals surface area contributed by atoms with E-state index >= 15 is 0 Å². The van der Waals surface area contributed by atoms with E-state index in [2.05, 4.69) is 4.72 Å². The van der Waals surface area contributed by atoms with Crippen LogP contribution in [0.15, 0.2) is 15.7 Å². The highest BCUT2D eigenvalue weighted by atomic mass is 32.2. The Hall–Kier alpha value is -1.45. The normalized spacial score (nSPS) is 12.9. The number of likely N-dealkylation sites (N-methyl/N-ethyl adjacent to an activating group) is 1. The maximum absolute atomic E-state index is 12.1. The van der Waals surface area contributed by atoms with E-state index in [4.69, 9.17) is 5.11 Å². The van der Waals surface area contributed by atoms with Gasteiger partial charge >= 0.3 is 5.97 Å². The molecule has 1 aromatic rings. The minimum Gasteiger partial charge on any atom is -0.478 e. The quantitative estimate of drug-likeness (QED) is 0.773. The zero-order chi connectivity index (χ0) is 16.2. The minimum absolute atomic E-state index is 0.0944. The Morgan fingerprint density at radius 3 is 2.38 bits per heavy atom. The lowest BCUT2D eigenvalue weighted by Crippen LogP contribution is -2.46. The molecule has 0 spiro atoms. The van der Waals surface area contributed by atoms with Crippen LogP contribution in [0.1, 0.15) is 31.1 Å². The Kier molecular flexibility index (Phi) is 5.87. The minimum atomic E-state index is -3.91. The molecule has 7 nitrogen and oxygen atoms in total. The molecule has 9 heteroatoms. The van der Waals surface area contributed by atoms with Gasteiger partial charge in [0.2, 0.25) is 5.91 Å². The van der Waals surface area contributed by atoms with E-state index in [1.807, 2.05) is 0 Å². The number of carbonyl (C=O) groups is 2. The Morgan fingerprint density at radius 1 is 1.38 bits per heavy atom. The molecule has 0 aliphatic rings. The van der Waals surface area contributed by atoms with Gasteiger partial charge in [-0.2, -0.15) is 4.72 Å². The summed E-state index contributed by atoms with van der Waals surface area (Å²) in [6.07, 6.45) is 0. The fourth-order valence-corrected chi connectivity index (χ4v) is 4.09. The number of sulfonamides is 1. The smallest absolute Gasteiger partial charge is 0.336 e. The highest BCUT2D eigenvalue weighted by Crippen LogP contribution is 2.20. The van der Waals surface area contributed by atoms with Crippen molar-refractivity contribution in [2.24, 2.45) is 0 Å². The molecule has 1 aromatic heterocycles. The lowest BCUT2D eigenvalue weighted by Gasteiger charge is -2.23. The summed E-state index contributed by atoms with van der Waals surface area (Å²) in [6.45, 7) is 6.05. The number of rotatable bonds is 7. The second-order valence-electron chi connectivity index (χ2n) is 4.31. The zero-order valence-electron chi connectivity index (χ0n) is 12.0. The first-order valence-electron chi connectivity index (χ1n) is 6.35. The molecule has 118 valence electrons. The van der Waals surface area contributed by atoms with Crippen molar-refractivity contribution < 1.29 is 23.1 Å². The molecular formula is C12H18N2O5S2. The molecule has 21 heavy (non-hydrogen) atoms. The van der Waals surface area contributed by atoms with Gasteiger partial charge in [0.1, 0.15) is 4.21 Å². The van der Waals surface area contributed by atoms with Crippen LogP contribution in [0.4, 0.5) is 0 Å². The zero-order valence-corrected chi connectivity index (χ0v) is 13.6. The monoisotopic (exact) mass is 334 g/mol. The molecule has 1 atom stereocenters. The van der Waals surface area contributed by atoms with Gasteiger partial charge in [-0.05, 0) is 26.8 Å². The highest BCUT2D eigenvalue weighted by molar-refractivity contribution is 7.91. The highest BCUT2D eigenvalue weighted by Gasteiger charge is 2.26. The molecule has 1 heterocycles. The Bertz CT molecular complexity index is 619. The maximum Gasteiger partial charge on any atom is 0.336 e. The predicted molar refractivity (Wildman–Crippen MR) is 79.0 cm³/mol. The summed E-state index contributed by atoms with van der Waals surface area (Å²) in [4.78, 5) is 24.3.